The van der Waals surface area contributed by atoms with Gasteiger partial charge in [-0.15, -0.1) is 5.10 Å². The van der Waals surface area contributed by atoms with Crippen molar-refractivity contribution in [3.63, 3.8) is 0 Å². The highest BCUT2D eigenvalue weighted by Gasteiger charge is 2.32. The average molecular weight is 304 g/mol. The van der Waals surface area contributed by atoms with Crippen molar-refractivity contribution in [3.8, 4) is 5.75 Å². The van der Waals surface area contributed by atoms with Crippen LogP contribution in [0, 0.1) is 6.92 Å². The number of aromatic nitrogens is 3. The molecule has 2 heterocycles. The molecule has 2 N–H and O–H groups in total. The van der Waals surface area contributed by atoms with Crippen LogP contribution in [0.2, 0.25) is 0 Å². The molecule has 2 atom stereocenters. The monoisotopic (exact) mass is 304 g/mol. The third kappa shape index (κ3) is 3.22. The number of hydrogen-bond acceptors (Lipinski definition) is 5. The Balaban J connectivity index is 1.82. The molecular formula is C15H20N4OS. The summed E-state index contributed by atoms with van der Waals surface area (Å²) in [6, 6.07) is 8.51. The highest BCUT2D eigenvalue weighted by atomic mass is 32.2. The van der Waals surface area contributed by atoms with Crippen LogP contribution in [0.25, 0.3) is 0 Å². The third-order valence-corrected chi connectivity index (χ3v) is 4.58. The quantitative estimate of drug-likeness (QED) is 0.889. The summed E-state index contributed by atoms with van der Waals surface area (Å²) >= 11 is 1.67. The second-order valence-corrected chi connectivity index (χ2v) is 6.35. The Morgan fingerprint density at radius 2 is 2.29 bits per heavy atom. The zero-order valence-corrected chi connectivity index (χ0v) is 13.1. The first-order valence-corrected chi connectivity index (χ1v) is 8.16. The van der Waals surface area contributed by atoms with E-state index in [1.54, 1.807) is 11.8 Å². The molecule has 3 rings (SSSR count). The minimum absolute atomic E-state index is 0.263. The van der Waals surface area contributed by atoms with Crippen LogP contribution in [-0.4, -0.2) is 33.6 Å². The number of H-pyrrole nitrogens is 1. The van der Waals surface area contributed by atoms with E-state index in [2.05, 4.69) is 39.6 Å². The maximum Gasteiger partial charge on any atom is 0.208 e. The molecule has 2 aromatic rings. The molecular weight excluding hydrogens is 284 g/mol. The molecule has 1 aliphatic heterocycles. The molecule has 0 aliphatic carbocycles. The van der Waals surface area contributed by atoms with Gasteiger partial charge >= 0.3 is 0 Å². The molecule has 0 amide bonds. The second-order valence-electron chi connectivity index (χ2n) is 5.14. The Labute approximate surface area is 128 Å². The number of nitrogens with zero attached hydrogens (tertiary/aromatic N) is 2. The minimum Gasteiger partial charge on any atom is -0.492 e. The standard InChI is InChI=1S/C15H20N4OS/c1-3-8-16-14-11-6-4-5-7-12(11)20-9-13(14)21-15-17-10(2)18-19-15/h4-7,13-14,16H,3,8-9H2,1-2H3,(H,17,18,19). The number of nitrogens with one attached hydrogen (secondary N) is 2. The van der Waals surface area contributed by atoms with E-state index in [0.717, 1.165) is 29.7 Å². The van der Waals surface area contributed by atoms with E-state index in [9.17, 15) is 0 Å². The molecule has 6 heteroatoms. The molecule has 0 radical (unpaired) electrons. The third-order valence-electron chi connectivity index (χ3n) is 3.48. The smallest absolute Gasteiger partial charge is 0.208 e. The van der Waals surface area contributed by atoms with E-state index >= 15 is 0 Å². The summed E-state index contributed by atoms with van der Waals surface area (Å²) in [6.07, 6.45) is 1.11. The number of benzene rings is 1. The predicted molar refractivity (Wildman–Crippen MR) is 83.7 cm³/mol. The first-order chi connectivity index (χ1) is 10.3. The van der Waals surface area contributed by atoms with Crippen LogP contribution in [0.3, 0.4) is 0 Å². The van der Waals surface area contributed by atoms with Crippen molar-refractivity contribution < 1.29 is 4.74 Å². The van der Waals surface area contributed by atoms with Crippen molar-refractivity contribution in [1.82, 2.24) is 20.5 Å². The summed E-state index contributed by atoms with van der Waals surface area (Å²) in [5.74, 6) is 1.82. The zero-order chi connectivity index (χ0) is 14.7. The van der Waals surface area contributed by atoms with Gasteiger partial charge in [-0.05, 0) is 26.0 Å². The lowest BCUT2D eigenvalue weighted by atomic mass is 10.00. The van der Waals surface area contributed by atoms with Gasteiger partial charge in [-0.1, -0.05) is 36.9 Å². The normalized spacial score (nSPS) is 20.9. The Morgan fingerprint density at radius 3 is 3.05 bits per heavy atom. The highest BCUT2D eigenvalue weighted by molar-refractivity contribution is 7.99. The van der Waals surface area contributed by atoms with Crippen molar-refractivity contribution in [2.45, 2.75) is 36.7 Å². The molecule has 112 valence electrons. The number of fused-ring (bicyclic) bond motifs is 1. The summed E-state index contributed by atoms with van der Waals surface area (Å²) in [6.45, 7) is 5.75. The maximum atomic E-state index is 5.90. The second kappa shape index (κ2) is 6.49. The number of aryl methyl sites for hydroxylation is 1. The zero-order valence-electron chi connectivity index (χ0n) is 12.3. The van der Waals surface area contributed by atoms with Crippen LogP contribution >= 0.6 is 11.8 Å². The van der Waals surface area contributed by atoms with E-state index < -0.39 is 0 Å². The van der Waals surface area contributed by atoms with E-state index in [-0.39, 0.29) is 11.3 Å². The lowest BCUT2D eigenvalue weighted by molar-refractivity contribution is 0.260. The predicted octanol–water partition coefficient (Wildman–Crippen LogP) is 2.71. The van der Waals surface area contributed by atoms with Gasteiger partial charge < -0.3 is 10.1 Å². The Hall–Kier alpha value is -1.53. The van der Waals surface area contributed by atoms with Crippen molar-refractivity contribution in [1.29, 1.82) is 0 Å². The Morgan fingerprint density at radius 1 is 1.43 bits per heavy atom. The SMILES string of the molecule is CCCNC1c2ccccc2OCC1Sc1n[nH]c(C)n1. The Kier molecular flexibility index (Phi) is 4.45. The van der Waals surface area contributed by atoms with Gasteiger partial charge in [-0.3, -0.25) is 5.10 Å². The van der Waals surface area contributed by atoms with Gasteiger partial charge in [0.1, 0.15) is 18.2 Å². The number of rotatable bonds is 5. The summed E-state index contributed by atoms with van der Waals surface area (Å²) in [5.41, 5.74) is 1.22. The van der Waals surface area contributed by atoms with E-state index in [4.69, 9.17) is 4.74 Å². The minimum atomic E-state index is 0.263. The van der Waals surface area contributed by atoms with Gasteiger partial charge in [-0.2, -0.15) is 0 Å². The fourth-order valence-electron chi connectivity index (χ4n) is 2.49. The fraction of sp³-hybridized carbons (Fsp3) is 0.467. The molecule has 0 saturated carbocycles. The summed E-state index contributed by atoms with van der Waals surface area (Å²) in [5, 5.41) is 11.8. The van der Waals surface area contributed by atoms with Gasteiger partial charge in [0.05, 0.1) is 11.3 Å². The van der Waals surface area contributed by atoms with E-state index in [1.807, 2.05) is 19.1 Å². The molecule has 1 aliphatic rings. The summed E-state index contributed by atoms with van der Waals surface area (Å²) < 4.78 is 5.90. The molecule has 0 fully saturated rings. The van der Waals surface area contributed by atoms with Crippen LogP contribution in [0.5, 0.6) is 5.75 Å². The van der Waals surface area contributed by atoms with Crippen molar-refractivity contribution in [3.05, 3.63) is 35.7 Å². The highest BCUT2D eigenvalue weighted by Crippen LogP contribution is 2.38. The molecule has 0 spiro atoms. The molecule has 2 unspecified atom stereocenters. The maximum absolute atomic E-state index is 5.90. The topological polar surface area (TPSA) is 62.8 Å². The van der Waals surface area contributed by atoms with Crippen LogP contribution in [0.1, 0.15) is 30.8 Å². The van der Waals surface area contributed by atoms with Gasteiger partial charge in [-0.25, -0.2) is 4.98 Å². The van der Waals surface area contributed by atoms with Crippen LogP contribution < -0.4 is 10.1 Å². The largest absolute Gasteiger partial charge is 0.492 e. The first kappa shape index (κ1) is 14.4. The number of ether oxygens (including phenoxy) is 1. The van der Waals surface area contributed by atoms with Gasteiger partial charge in [0.2, 0.25) is 5.16 Å². The first-order valence-electron chi connectivity index (χ1n) is 7.28. The van der Waals surface area contributed by atoms with Crippen LogP contribution in [0.4, 0.5) is 0 Å². The van der Waals surface area contributed by atoms with Crippen molar-refractivity contribution >= 4 is 11.8 Å². The molecule has 1 aromatic heterocycles. The van der Waals surface area contributed by atoms with Crippen LogP contribution in [-0.2, 0) is 0 Å². The Bertz CT molecular complexity index is 601. The average Bonchev–Trinajstić information content (AvgIpc) is 2.91. The summed E-state index contributed by atoms with van der Waals surface area (Å²) in [4.78, 5) is 4.39. The van der Waals surface area contributed by atoms with Crippen molar-refractivity contribution in [2.75, 3.05) is 13.2 Å². The van der Waals surface area contributed by atoms with Gasteiger partial charge in [0, 0.05) is 5.56 Å². The lowest BCUT2D eigenvalue weighted by Gasteiger charge is -2.33. The number of para-hydroxylation sites is 1. The molecule has 0 saturated heterocycles. The number of thioether (sulfide) groups is 1. The van der Waals surface area contributed by atoms with E-state index in [1.165, 1.54) is 5.56 Å². The fourth-order valence-corrected chi connectivity index (χ4v) is 3.56. The van der Waals surface area contributed by atoms with Crippen molar-refractivity contribution in [2.24, 2.45) is 0 Å². The van der Waals surface area contributed by atoms with E-state index in [0.29, 0.717) is 6.61 Å². The van der Waals surface area contributed by atoms with Gasteiger partial charge in [0.15, 0.2) is 0 Å². The number of aromatic amines is 1. The van der Waals surface area contributed by atoms with Gasteiger partial charge in [0.25, 0.3) is 0 Å². The molecule has 0 bridgehead atoms. The van der Waals surface area contributed by atoms with Crippen LogP contribution in [0.15, 0.2) is 29.4 Å². The number of hydrogen-bond donors (Lipinski definition) is 2. The summed E-state index contributed by atoms with van der Waals surface area (Å²) in [7, 11) is 0. The molecule has 1 aromatic carbocycles. The molecule has 21 heavy (non-hydrogen) atoms. The lowest BCUT2D eigenvalue weighted by Crippen LogP contribution is -2.38. The molecule has 5 nitrogen and oxygen atoms in total.